The quantitative estimate of drug-likeness (QED) is 0.692. The molecule has 6 heteroatoms. The van der Waals surface area contributed by atoms with Crippen molar-refractivity contribution in [3.05, 3.63) is 0 Å². The zero-order valence-corrected chi connectivity index (χ0v) is 13.4. The van der Waals surface area contributed by atoms with Gasteiger partial charge in [-0.3, -0.25) is 0 Å². The van der Waals surface area contributed by atoms with Gasteiger partial charge in [0, 0.05) is 17.4 Å². The molecular weight excluding hydrogens is 264 g/mol. The summed E-state index contributed by atoms with van der Waals surface area (Å²) in [5.74, 6) is 0.315. The van der Waals surface area contributed by atoms with Crippen LogP contribution in [0, 0.1) is 11.3 Å². The van der Waals surface area contributed by atoms with E-state index in [0.29, 0.717) is 5.92 Å². The van der Waals surface area contributed by atoms with E-state index in [4.69, 9.17) is 5.11 Å². The zero-order chi connectivity index (χ0) is 15.0. The van der Waals surface area contributed by atoms with Gasteiger partial charge in [0.05, 0.1) is 6.04 Å². The summed E-state index contributed by atoms with van der Waals surface area (Å²) in [7, 11) is 0. The lowest BCUT2D eigenvalue weighted by Gasteiger charge is -2.54. The van der Waals surface area contributed by atoms with E-state index in [9.17, 15) is 9.35 Å². The van der Waals surface area contributed by atoms with Crippen LogP contribution < -0.4 is 10.0 Å². The van der Waals surface area contributed by atoms with Gasteiger partial charge in [0.15, 0.2) is 0 Å². The van der Waals surface area contributed by atoms with Crippen LogP contribution in [0.15, 0.2) is 0 Å². The fraction of sp³-hybridized carbons (Fsp3) is 0.923. The van der Waals surface area contributed by atoms with Gasteiger partial charge in [0.1, 0.15) is 4.75 Å². The molecule has 112 valence electrons. The molecule has 2 unspecified atom stereocenters. The number of carboxylic acid groups (broad SMARTS) is 1. The molecule has 5 nitrogen and oxygen atoms in total. The van der Waals surface area contributed by atoms with Crippen LogP contribution in [-0.4, -0.2) is 32.6 Å². The Morgan fingerprint density at radius 1 is 1.47 bits per heavy atom. The van der Waals surface area contributed by atoms with Gasteiger partial charge in [0.25, 0.3) is 0 Å². The second-order valence-corrected chi connectivity index (χ2v) is 8.95. The number of rotatable bonds is 4. The van der Waals surface area contributed by atoms with E-state index in [1.165, 1.54) is 0 Å². The van der Waals surface area contributed by atoms with Gasteiger partial charge in [-0.2, -0.15) is 0 Å². The number of carbonyl (C=O) groups is 1. The molecule has 1 aliphatic rings. The Morgan fingerprint density at radius 2 is 2.00 bits per heavy atom. The summed E-state index contributed by atoms with van der Waals surface area (Å²) in [4.78, 5) is 10.7. The van der Waals surface area contributed by atoms with Crippen molar-refractivity contribution in [3.63, 3.8) is 0 Å². The molecule has 19 heavy (non-hydrogen) atoms. The SMILES string of the molecule is CC(N[S+]([O-])C(C)(C)C)[C@@H]1C[C@H](NC(=O)O)C1(C)C. The maximum absolute atomic E-state index is 12.1. The molecule has 0 heterocycles. The number of hydrogen-bond acceptors (Lipinski definition) is 3. The third kappa shape index (κ3) is 3.77. The first-order valence-electron chi connectivity index (χ1n) is 6.63. The Morgan fingerprint density at radius 3 is 2.37 bits per heavy atom. The highest BCUT2D eigenvalue weighted by Gasteiger charge is 2.52. The third-order valence-electron chi connectivity index (χ3n) is 4.09. The monoisotopic (exact) mass is 290 g/mol. The highest BCUT2D eigenvalue weighted by molar-refractivity contribution is 7.90. The molecule has 1 rings (SSSR count). The van der Waals surface area contributed by atoms with E-state index in [1.54, 1.807) is 0 Å². The first-order chi connectivity index (χ1) is 8.46. The topological polar surface area (TPSA) is 84.4 Å². The molecule has 1 saturated carbocycles. The molecule has 0 saturated heterocycles. The molecule has 0 radical (unpaired) electrons. The molecule has 0 aliphatic heterocycles. The van der Waals surface area contributed by atoms with E-state index >= 15 is 0 Å². The van der Waals surface area contributed by atoms with Crippen LogP contribution in [0.25, 0.3) is 0 Å². The lowest BCUT2D eigenvalue weighted by molar-refractivity contribution is -0.000692. The van der Waals surface area contributed by atoms with Crippen molar-refractivity contribution in [1.29, 1.82) is 0 Å². The average molecular weight is 290 g/mol. The van der Waals surface area contributed by atoms with Crippen molar-refractivity contribution < 1.29 is 14.5 Å². The molecule has 0 spiro atoms. The van der Waals surface area contributed by atoms with Crippen LogP contribution in [0.1, 0.15) is 48.0 Å². The minimum absolute atomic E-state index is 0.0256. The second-order valence-electron chi connectivity index (χ2n) is 6.95. The van der Waals surface area contributed by atoms with Crippen LogP contribution >= 0.6 is 0 Å². The highest BCUT2D eigenvalue weighted by Crippen LogP contribution is 2.48. The van der Waals surface area contributed by atoms with Gasteiger partial charge in [0.2, 0.25) is 0 Å². The molecule has 4 atom stereocenters. The summed E-state index contributed by atoms with van der Waals surface area (Å²) in [6.45, 7) is 11.9. The first-order valence-corrected chi connectivity index (χ1v) is 7.78. The lowest BCUT2D eigenvalue weighted by atomic mass is 9.56. The second kappa shape index (κ2) is 5.50. The van der Waals surface area contributed by atoms with Crippen molar-refractivity contribution in [2.45, 2.75) is 64.8 Å². The fourth-order valence-electron chi connectivity index (χ4n) is 2.63. The third-order valence-corrected chi connectivity index (χ3v) is 5.79. The van der Waals surface area contributed by atoms with E-state index < -0.39 is 17.5 Å². The fourth-order valence-corrected chi connectivity index (χ4v) is 3.49. The van der Waals surface area contributed by atoms with Crippen LogP contribution in [-0.2, 0) is 11.4 Å². The van der Waals surface area contributed by atoms with Gasteiger partial charge >= 0.3 is 6.09 Å². The number of nitrogens with one attached hydrogen (secondary N) is 2. The molecule has 1 amide bonds. The molecule has 0 aromatic carbocycles. The van der Waals surface area contributed by atoms with Crippen LogP contribution in [0.3, 0.4) is 0 Å². The van der Waals surface area contributed by atoms with Crippen LogP contribution in [0.4, 0.5) is 4.79 Å². The summed E-state index contributed by atoms with van der Waals surface area (Å²) in [6, 6.07) is 0.0734. The van der Waals surface area contributed by atoms with Crippen molar-refractivity contribution in [3.8, 4) is 0 Å². The summed E-state index contributed by atoms with van der Waals surface area (Å²) >= 11 is -1.10. The van der Waals surface area contributed by atoms with E-state index in [2.05, 4.69) is 23.9 Å². The normalized spacial score (nSPS) is 29.2. The lowest BCUT2D eigenvalue weighted by Crippen LogP contribution is -2.63. The summed E-state index contributed by atoms with van der Waals surface area (Å²) in [6.07, 6.45) is -0.190. The Balaban J connectivity index is 2.57. The molecule has 1 fully saturated rings. The Bertz CT molecular complexity index is 341. The van der Waals surface area contributed by atoms with Gasteiger partial charge in [-0.1, -0.05) is 13.8 Å². The minimum atomic E-state index is -1.10. The molecule has 0 aromatic rings. The average Bonchev–Trinajstić information content (AvgIpc) is 2.21. The van der Waals surface area contributed by atoms with E-state index in [-0.39, 0.29) is 22.2 Å². The molecule has 0 bridgehead atoms. The zero-order valence-electron chi connectivity index (χ0n) is 12.6. The van der Waals surface area contributed by atoms with Gasteiger partial charge in [-0.25, -0.2) is 4.79 Å². The van der Waals surface area contributed by atoms with Crippen molar-refractivity contribution in [2.75, 3.05) is 0 Å². The number of amides is 1. The maximum Gasteiger partial charge on any atom is 0.404 e. The first kappa shape index (κ1) is 16.6. The Hall–Kier alpha value is -0.460. The minimum Gasteiger partial charge on any atom is -0.598 e. The van der Waals surface area contributed by atoms with Gasteiger partial charge in [-0.15, -0.1) is 4.72 Å². The van der Waals surface area contributed by atoms with Gasteiger partial charge < -0.3 is 15.0 Å². The Labute approximate surface area is 118 Å². The molecule has 0 aromatic heterocycles. The summed E-state index contributed by atoms with van der Waals surface area (Å²) < 4.78 is 14.9. The predicted octanol–water partition coefficient (Wildman–Crippen LogP) is 2.11. The van der Waals surface area contributed by atoms with E-state index in [1.807, 2.05) is 27.7 Å². The predicted molar refractivity (Wildman–Crippen MR) is 77.3 cm³/mol. The van der Waals surface area contributed by atoms with E-state index in [0.717, 1.165) is 6.42 Å². The highest BCUT2D eigenvalue weighted by atomic mass is 32.2. The van der Waals surface area contributed by atoms with Crippen molar-refractivity contribution in [1.82, 2.24) is 10.0 Å². The van der Waals surface area contributed by atoms with Crippen LogP contribution in [0.5, 0.6) is 0 Å². The van der Waals surface area contributed by atoms with Gasteiger partial charge in [-0.05, 0) is 45.4 Å². The Kier molecular flexibility index (Phi) is 4.80. The standard InChI is InChI=1S/C13H26N2O3S/c1-8(15-19(18)12(2,3)4)9-7-10(13(9,5)6)14-11(16)17/h8-10,14-15H,7H2,1-6H3,(H,16,17)/t8?,9-,10-,19?/m0/s1. The number of hydrogen-bond donors (Lipinski definition) is 3. The molecule has 3 N–H and O–H groups in total. The largest absolute Gasteiger partial charge is 0.598 e. The maximum atomic E-state index is 12.1. The van der Waals surface area contributed by atoms with Crippen LogP contribution in [0.2, 0.25) is 0 Å². The summed E-state index contributed by atoms with van der Waals surface area (Å²) in [5, 5.41) is 11.3. The summed E-state index contributed by atoms with van der Waals surface area (Å²) in [5.41, 5.74) is -0.118. The smallest absolute Gasteiger partial charge is 0.404 e. The molecule has 1 aliphatic carbocycles. The molecular formula is C13H26N2O3S. The van der Waals surface area contributed by atoms with Crippen molar-refractivity contribution >= 4 is 17.5 Å². The van der Waals surface area contributed by atoms with Crippen molar-refractivity contribution in [2.24, 2.45) is 11.3 Å².